The third-order valence-electron chi connectivity index (χ3n) is 6.61. The van der Waals surface area contributed by atoms with Crippen LogP contribution in [0.15, 0.2) is 66.7 Å². The van der Waals surface area contributed by atoms with E-state index in [4.69, 9.17) is 9.97 Å². The van der Waals surface area contributed by atoms with Crippen molar-refractivity contribution in [1.29, 1.82) is 0 Å². The number of imidazole rings is 1. The highest BCUT2D eigenvalue weighted by atomic mass is 15.2. The van der Waals surface area contributed by atoms with Gasteiger partial charge in [0.25, 0.3) is 5.65 Å². The molecule has 0 aliphatic carbocycles. The third-order valence-corrected chi connectivity index (χ3v) is 6.61. The number of rotatable bonds is 4. The van der Waals surface area contributed by atoms with Crippen LogP contribution < -0.4 is 9.92 Å². The first-order valence-corrected chi connectivity index (χ1v) is 11.5. The molecule has 0 fully saturated rings. The van der Waals surface area contributed by atoms with Crippen molar-refractivity contribution in [3.05, 3.63) is 77.9 Å². The molecule has 0 unspecified atom stereocenters. The van der Waals surface area contributed by atoms with Crippen molar-refractivity contribution in [2.45, 2.75) is 26.9 Å². The summed E-state index contributed by atoms with van der Waals surface area (Å²) in [5, 5.41) is 5.10. The minimum atomic E-state index is 0.831. The van der Waals surface area contributed by atoms with E-state index in [9.17, 15) is 0 Å². The molecule has 6 rings (SSSR count). The Labute approximate surface area is 191 Å². The molecule has 3 aromatic heterocycles. The topological polar surface area (TPSA) is 39.5 Å². The monoisotopic (exact) mass is 432 g/mol. The fourth-order valence-corrected chi connectivity index (χ4v) is 5.06. The summed E-state index contributed by atoms with van der Waals surface area (Å²) in [6.07, 6.45) is 6.55. The smallest absolute Gasteiger partial charge is 0.323 e. The summed E-state index contributed by atoms with van der Waals surface area (Å²) in [6, 6.07) is 21.1. The lowest BCUT2D eigenvalue weighted by atomic mass is 10.1. The van der Waals surface area contributed by atoms with Gasteiger partial charge in [-0.15, -0.1) is 0 Å². The van der Waals surface area contributed by atoms with E-state index in [-0.39, 0.29) is 0 Å². The van der Waals surface area contributed by atoms with Crippen molar-refractivity contribution in [1.82, 2.24) is 19.1 Å². The summed E-state index contributed by atoms with van der Waals surface area (Å²) in [5.41, 5.74) is 4.98. The summed E-state index contributed by atoms with van der Waals surface area (Å²) >= 11 is 0. The maximum Gasteiger partial charge on any atom is 0.323 e. The Hall–Kier alpha value is -3.99. The van der Waals surface area contributed by atoms with Crippen molar-refractivity contribution >= 4 is 56.2 Å². The quantitative estimate of drug-likeness (QED) is 0.377. The standard InChI is InChI=1S/C28H26N5/c1-4-32-25(33(5-2)28-27(32)29-21-14-6-7-15-22(21)30-28)18-10-16-23-20-13-8-11-19-12-9-17-24(26(19)20)31(23)3/h6-18H,4-5H2,1-3H3/q+1. The lowest BCUT2D eigenvalue weighted by Gasteiger charge is -1.98. The molecule has 0 saturated heterocycles. The highest BCUT2D eigenvalue weighted by Gasteiger charge is 2.23. The van der Waals surface area contributed by atoms with Crippen LogP contribution in [0.3, 0.4) is 0 Å². The molecule has 0 amide bonds. The number of nitrogens with zero attached hydrogens (tertiary/aromatic N) is 5. The van der Waals surface area contributed by atoms with E-state index >= 15 is 0 Å². The van der Waals surface area contributed by atoms with Crippen LogP contribution in [0.1, 0.15) is 19.7 Å². The van der Waals surface area contributed by atoms with Gasteiger partial charge in [-0.2, -0.15) is 0 Å². The molecule has 33 heavy (non-hydrogen) atoms. The molecule has 0 atom stereocenters. The number of aromatic nitrogens is 5. The van der Waals surface area contributed by atoms with Gasteiger partial charge in [0.2, 0.25) is 5.82 Å². The van der Waals surface area contributed by atoms with Crippen molar-refractivity contribution in [3.63, 3.8) is 0 Å². The first-order chi connectivity index (χ1) is 16.2. The van der Waals surface area contributed by atoms with Crippen molar-refractivity contribution in [3.8, 4) is 0 Å². The number of aryl methyl sites for hydroxylation is 3. The summed E-state index contributed by atoms with van der Waals surface area (Å²) in [7, 11) is 2.14. The first kappa shape index (κ1) is 19.7. The van der Waals surface area contributed by atoms with Crippen molar-refractivity contribution < 1.29 is 4.57 Å². The van der Waals surface area contributed by atoms with Gasteiger partial charge in [0.1, 0.15) is 5.52 Å². The lowest BCUT2D eigenvalue weighted by molar-refractivity contribution is -0.672. The Kier molecular flexibility index (Phi) is 4.50. The first-order valence-electron chi connectivity index (χ1n) is 11.5. The van der Waals surface area contributed by atoms with E-state index in [1.165, 1.54) is 27.0 Å². The van der Waals surface area contributed by atoms with Crippen LogP contribution in [0.5, 0.6) is 0 Å². The van der Waals surface area contributed by atoms with Crippen LogP contribution in [0, 0.1) is 0 Å². The summed E-state index contributed by atoms with van der Waals surface area (Å²) in [6.45, 7) is 5.98. The fraction of sp³-hybridized carbons (Fsp3) is 0.179. The normalized spacial score (nSPS) is 13.0. The van der Waals surface area contributed by atoms with E-state index in [1.54, 1.807) is 0 Å². The number of hydrogen-bond donors (Lipinski definition) is 0. The zero-order valence-corrected chi connectivity index (χ0v) is 19.2. The second kappa shape index (κ2) is 7.55. The highest BCUT2D eigenvalue weighted by molar-refractivity contribution is 6.10. The van der Waals surface area contributed by atoms with E-state index in [1.807, 2.05) is 24.3 Å². The van der Waals surface area contributed by atoms with Crippen LogP contribution in [-0.2, 0) is 20.1 Å². The van der Waals surface area contributed by atoms with Crippen LogP contribution in [0.2, 0.25) is 0 Å². The fourth-order valence-electron chi connectivity index (χ4n) is 5.06. The van der Waals surface area contributed by atoms with E-state index in [0.717, 1.165) is 41.2 Å². The molecule has 6 aromatic rings. The van der Waals surface area contributed by atoms with Gasteiger partial charge in [-0.3, -0.25) is 0 Å². The second-order valence-electron chi connectivity index (χ2n) is 8.36. The second-order valence-corrected chi connectivity index (χ2v) is 8.36. The molecule has 0 radical (unpaired) electrons. The molecule has 0 saturated carbocycles. The molecule has 0 aliphatic rings. The molecule has 162 valence electrons. The van der Waals surface area contributed by atoms with Crippen LogP contribution in [-0.4, -0.2) is 19.1 Å². The zero-order valence-electron chi connectivity index (χ0n) is 19.2. The Bertz CT molecular complexity index is 1680. The molecule has 0 N–H and O–H groups in total. The largest absolute Gasteiger partial charge is 0.344 e. The van der Waals surface area contributed by atoms with Crippen molar-refractivity contribution in [2.24, 2.45) is 7.05 Å². The van der Waals surface area contributed by atoms with Gasteiger partial charge in [0, 0.05) is 34.8 Å². The average Bonchev–Trinajstić information content (AvgIpc) is 3.30. The molecule has 5 heteroatoms. The SMILES string of the molecule is CCn1c(/C=C/C=c2\c3cccc4cccc(c43)n2C)[n+](CC)c2nc3ccccc3nc21. The maximum absolute atomic E-state index is 4.95. The number of allylic oxidation sites excluding steroid dienone is 1. The molecular formula is C28H26N5+. The van der Waals surface area contributed by atoms with Crippen LogP contribution in [0.25, 0.3) is 56.2 Å². The maximum atomic E-state index is 4.95. The van der Waals surface area contributed by atoms with E-state index < -0.39 is 0 Å². The summed E-state index contributed by atoms with van der Waals surface area (Å²) in [4.78, 5) is 9.90. The van der Waals surface area contributed by atoms with Crippen LogP contribution in [0.4, 0.5) is 0 Å². The molecule has 0 spiro atoms. The Morgan fingerprint density at radius 3 is 2.42 bits per heavy atom. The predicted molar refractivity (Wildman–Crippen MR) is 136 cm³/mol. The third kappa shape index (κ3) is 2.89. The van der Waals surface area contributed by atoms with Gasteiger partial charge in [-0.25, -0.2) is 14.1 Å². The lowest BCUT2D eigenvalue weighted by Crippen LogP contribution is -2.35. The van der Waals surface area contributed by atoms with E-state index in [0.29, 0.717) is 0 Å². The van der Waals surface area contributed by atoms with Gasteiger partial charge < -0.3 is 4.57 Å². The van der Waals surface area contributed by atoms with Gasteiger partial charge in [0.15, 0.2) is 5.52 Å². The average molecular weight is 433 g/mol. The minimum absolute atomic E-state index is 0.831. The molecule has 3 aromatic carbocycles. The number of fused-ring (bicyclic) bond motifs is 2. The van der Waals surface area contributed by atoms with Gasteiger partial charge >= 0.3 is 5.65 Å². The van der Waals surface area contributed by atoms with Crippen LogP contribution >= 0.6 is 0 Å². The Morgan fingerprint density at radius 2 is 1.67 bits per heavy atom. The van der Waals surface area contributed by atoms with Gasteiger partial charge in [-0.1, -0.05) is 53.5 Å². The van der Waals surface area contributed by atoms with Crippen molar-refractivity contribution in [2.75, 3.05) is 0 Å². The number of hydrogen-bond acceptors (Lipinski definition) is 2. The Balaban J connectivity index is 1.56. The predicted octanol–water partition coefficient (Wildman–Crippen LogP) is 4.77. The summed E-state index contributed by atoms with van der Waals surface area (Å²) in [5.74, 6) is 1.11. The molecule has 0 aliphatic heterocycles. The molecular weight excluding hydrogens is 406 g/mol. The zero-order chi connectivity index (χ0) is 22.5. The van der Waals surface area contributed by atoms with E-state index in [2.05, 4.69) is 89.2 Å². The number of para-hydroxylation sites is 2. The highest BCUT2D eigenvalue weighted by Crippen LogP contribution is 2.25. The molecule has 0 bridgehead atoms. The Morgan fingerprint density at radius 1 is 0.909 bits per heavy atom. The molecule has 5 nitrogen and oxygen atoms in total. The van der Waals surface area contributed by atoms with Gasteiger partial charge in [0.05, 0.1) is 13.1 Å². The molecule has 3 heterocycles. The van der Waals surface area contributed by atoms with Gasteiger partial charge in [-0.05, 0) is 43.5 Å². The summed E-state index contributed by atoms with van der Waals surface area (Å²) < 4.78 is 6.78. The number of benzene rings is 3. The minimum Gasteiger partial charge on any atom is -0.344 e.